The molecular formula is C15H16F3NO. The standard InChI is InChI=1S/C15H16F3NO/c1-3-8-19-15(12-7-4-9(2)20-12)10-5-6-11(16)14(18)13(10)17/h4-7,15,19H,3,8H2,1-2H3. The highest BCUT2D eigenvalue weighted by atomic mass is 19.2. The summed E-state index contributed by atoms with van der Waals surface area (Å²) in [5.41, 5.74) is 0.0340. The summed E-state index contributed by atoms with van der Waals surface area (Å²) in [6.07, 6.45) is 0.821. The fraction of sp³-hybridized carbons (Fsp3) is 0.333. The van der Waals surface area contributed by atoms with Crippen LogP contribution < -0.4 is 5.32 Å². The van der Waals surface area contributed by atoms with Gasteiger partial charge in [-0.3, -0.25) is 0 Å². The second-order valence-electron chi connectivity index (χ2n) is 4.60. The minimum Gasteiger partial charge on any atom is -0.464 e. The number of nitrogens with one attached hydrogen (secondary N) is 1. The van der Waals surface area contributed by atoms with Crippen LogP contribution >= 0.6 is 0 Å². The van der Waals surface area contributed by atoms with Crippen molar-refractivity contribution in [1.29, 1.82) is 0 Å². The first-order valence-corrected chi connectivity index (χ1v) is 6.47. The molecule has 0 radical (unpaired) electrons. The monoisotopic (exact) mass is 283 g/mol. The van der Waals surface area contributed by atoms with Crippen molar-refractivity contribution in [2.45, 2.75) is 26.3 Å². The van der Waals surface area contributed by atoms with Crippen molar-refractivity contribution in [3.8, 4) is 0 Å². The van der Waals surface area contributed by atoms with E-state index in [-0.39, 0.29) is 5.56 Å². The first-order chi connectivity index (χ1) is 9.54. The van der Waals surface area contributed by atoms with Gasteiger partial charge in [0.05, 0.1) is 6.04 Å². The minimum absolute atomic E-state index is 0.0340. The molecule has 1 aromatic heterocycles. The third kappa shape index (κ3) is 2.88. The Bertz CT molecular complexity index is 595. The van der Waals surface area contributed by atoms with Gasteiger partial charge in [-0.15, -0.1) is 0 Å². The van der Waals surface area contributed by atoms with Gasteiger partial charge in [0.2, 0.25) is 0 Å². The molecular weight excluding hydrogens is 267 g/mol. The van der Waals surface area contributed by atoms with Crippen molar-refractivity contribution >= 4 is 0 Å². The maximum absolute atomic E-state index is 13.9. The molecule has 0 aliphatic heterocycles. The third-order valence-corrected chi connectivity index (χ3v) is 3.02. The van der Waals surface area contributed by atoms with Crippen LogP contribution in [0.5, 0.6) is 0 Å². The third-order valence-electron chi connectivity index (χ3n) is 3.02. The van der Waals surface area contributed by atoms with Gasteiger partial charge in [0.1, 0.15) is 11.5 Å². The zero-order chi connectivity index (χ0) is 14.7. The summed E-state index contributed by atoms with van der Waals surface area (Å²) in [4.78, 5) is 0. The number of aryl methyl sites for hydroxylation is 1. The number of halogens is 3. The SMILES string of the molecule is CCCNC(c1ccc(C)o1)c1ccc(F)c(F)c1F. The Labute approximate surface area is 115 Å². The lowest BCUT2D eigenvalue weighted by Gasteiger charge is -2.18. The summed E-state index contributed by atoms with van der Waals surface area (Å²) >= 11 is 0. The van der Waals surface area contributed by atoms with Crippen molar-refractivity contribution < 1.29 is 17.6 Å². The van der Waals surface area contributed by atoms with Crippen LogP contribution in [-0.2, 0) is 0 Å². The zero-order valence-corrected chi connectivity index (χ0v) is 11.3. The Morgan fingerprint density at radius 2 is 1.85 bits per heavy atom. The highest BCUT2D eigenvalue weighted by Crippen LogP contribution is 2.28. The normalized spacial score (nSPS) is 12.7. The Balaban J connectivity index is 2.43. The number of furan rings is 1. The largest absolute Gasteiger partial charge is 0.464 e. The molecule has 20 heavy (non-hydrogen) atoms. The van der Waals surface area contributed by atoms with E-state index < -0.39 is 23.5 Å². The van der Waals surface area contributed by atoms with E-state index in [4.69, 9.17) is 4.42 Å². The Morgan fingerprint density at radius 1 is 1.10 bits per heavy atom. The molecule has 2 nitrogen and oxygen atoms in total. The fourth-order valence-corrected chi connectivity index (χ4v) is 2.02. The topological polar surface area (TPSA) is 25.2 Å². The molecule has 2 aromatic rings. The van der Waals surface area contributed by atoms with Crippen LogP contribution in [0.1, 0.15) is 36.5 Å². The maximum atomic E-state index is 13.9. The molecule has 1 heterocycles. The Hall–Kier alpha value is -1.75. The molecule has 0 bridgehead atoms. The summed E-state index contributed by atoms with van der Waals surface area (Å²) in [7, 11) is 0. The van der Waals surface area contributed by atoms with E-state index in [2.05, 4.69) is 5.32 Å². The van der Waals surface area contributed by atoms with Gasteiger partial charge in [0.15, 0.2) is 17.5 Å². The predicted molar refractivity (Wildman–Crippen MR) is 69.9 cm³/mol. The summed E-state index contributed by atoms with van der Waals surface area (Å²) in [5.74, 6) is -2.70. The van der Waals surface area contributed by atoms with Gasteiger partial charge in [0.25, 0.3) is 0 Å². The average molecular weight is 283 g/mol. The minimum atomic E-state index is -1.46. The summed E-state index contributed by atoms with van der Waals surface area (Å²) < 4.78 is 45.8. The van der Waals surface area contributed by atoms with Crippen LogP contribution in [0, 0.1) is 24.4 Å². The van der Waals surface area contributed by atoms with Crippen LogP contribution in [0.15, 0.2) is 28.7 Å². The zero-order valence-electron chi connectivity index (χ0n) is 11.3. The second kappa shape index (κ2) is 6.13. The second-order valence-corrected chi connectivity index (χ2v) is 4.60. The van der Waals surface area contributed by atoms with E-state index in [0.717, 1.165) is 12.5 Å². The molecule has 0 spiro atoms. The molecule has 0 aliphatic rings. The van der Waals surface area contributed by atoms with Gasteiger partial charge in [-0.25, -0.2) is 13.2 Å². The molecule has 1 N–H and O–H groups in total. The van der Waals surface area contributed by atoms with Crippen molar-refractivity contribution in [2.75, 3.05) is 6.54 Å². The molecule has 0 saturated heterocycles. The van der Waals surface area contributed by atoms with Crippen LogP contribution in [0.25, 0.3) is 0 Å². The number of rotatable bonds is 5. The molecule has 1 unspecified atom stereocenters. The molecule has 1 atom stereocenters. The quantitative estimate of drug-likeness (QED) is 0.836. The average Bonchev–Trinajstić information content (AvgIpc) is 2.85. The first-order valence-electron chi connectivity index (χ1n) is 6.47. The van der Waals surface area contributed by atoms with Crippen molar-refractivity contribution in [3.63, 3.8) is 0 Å². The van der Waals surface area contributed by atoms with E-state index in [1.54, 1.807) is 19.1 Å². The smallest absolute Gasteiger partial charge is 0.194 e. The number of hydrogen-bond acceptors (Lipinski definition) is 2. The van der Waals surface area contributed by atoms with Crippen LogP contribution in [0.4, 0.5) is 13.2 Å². The summed E-state index contributed by atoms with van der Waals surface area (Å²) in [5, 5.41) is 3.08. The van der Waals surface area contributed by atoms with Crippen LogP contribution in [-0.4, -0.2) is 6.54 Å². The van der Waals surface area contributed by atoms with Crippen LogP contribution in [0.3, 0.4) is 0 Å². The van der Waals surface area contributed by atoms with Gasteiger partial charge >= 0.3 is 0 Å². The number of hydrogen-bond donors (Lipinski definition) is 1. The number of benzene rings is 1. The molecule has 1 aromatic carbocycles. The van der Waals surface area contributed by atoms with Gasteiger partial charge in [-0.2, -0.15) is 0 Å². The lowest BCUT2D eigenvalue weighted by atomic mass is 10.0. The molecule has 0 aliphatic carbocycles. The summed E-state index contributed by atoms with van der Waals surface area (Å²) in [6, 6.07) is 4.96. The molecule has 5 heteroatoms. The van der Waals surface area contributed by atoms with Gasteiger partial charge < -0.3 is 9.73 Å². The fourth-order valence-electron chi connectivity index (χ4n) is 2.02. The van der Waals surface area contributed by atoms with E-state index >= 15 is 0 Å². The highest BCUT2D eigenvalue weighted by molar-refractivity contribution is 5.30. The van der Waals surface area contributed by atoms with Gasteiger partial charge in [-0.05, 0) is 38.1 Å². The Morgan fingerprint density at radius 3 is 2.45 bits per heavy atom. The Kier molecular flexibility index (Phi) is 4.49. The van der Waals surface area contributed by atoms with E-state index in [1.807, 2.05) is 6.92 Å². The first kappa shape index (κ1) is 14.7. The predicted octanol–water partition coefficient (Wildman–Crippen LogP) is 4.09. The highest BCUT2D eigenvalue weighted by Gasteiger charge is 2.24. The van der Waals surface area contributed by atoms with Crippen molar-refractivity contribution in [3.05, 3.63) is 58.8 Å². The molecule has 2 rings (SSSR count). The van der Waals surface area contributed by atoms with Gasteiger partial charge in [0, 0.05) is 5.56 Å². The van der Waals surface area contributed by atoms with E-state index in [0.29, 0.717) is 18.1 Å². The molecule has 0 fully saturated rings. The molecule has 108 valence electrons. The lowest BCUT2D eigenvalue weighted by Crippen LogP contribution is -2.24. The maximum Gasteiger partial charge on any atom is 0.194 e. The van der Waals surface area contributed by atoms with Gasteiger partial charge in [-0.1, -0.05) is 13.0 Å². The van der Waals surface area contributed by atoms with E-state index in [1.165, 1.54) is 6.07 Å². The molecule has 0 amide bonds. The summed E-state index contributed by atoms with van der Waals surface area (Å²) in [6.45, 7) is 4.32. The van der Waals surface area contributed by atoms with E-state index in [9.17, 15) is 13.2 Å². The molecule has 0 saturated carbocycles. The van der Waals surface area contributed by atoms with Crippen LogP contribution in [0.2, 0.25) is 0 Å². The lowest BCUT2D eigenvalue weighted by molar-refractivity contribution is 0.402. The van der Waals surface area contributed by atoms with Crippen molar-refractivity contribution in [2.24, 2.45) is 0 Å². The van der Waals surface area contributed by atoms with Crippen molar-refractivity contribution in [1.82, 2.24) is 5.32 Å².